The minimum absolute atomic E-state index is 0.0315. The highest BCUT2D eigenvalue weighted by Gasteiger charge is 2.38. The van der Waals surface area contributed by atoms with Crippen LogP contribution in [0, 0.1) is 4.77 Å². The van der Waals surface area contributed by atoms with Gasteiger partial charge in [-0.2, -0.15) is 5.10 Å². The molecule has 0 saturated heterocycles. The number of halogens is 1. The summed E-state index contributed by atoms with van der Waals surface area (Å²) in [6.07, 6.45) is 3.37. The topological polar surface area (TPSA) is 55.0 Å². The number of nitrogens with one attached hydrogen (secondary N) is 1. The zero-order chi connectivity index (χ0) is 15.7. The van der Waals surface area contributed by atoms with Crippen LogP contribution in [0.4, 0.5) is 0 Å². The molecule has 5 nitrogen and oxygen atoms in total. The van der Waals surface area contributed by atoms with Crippen molar-refractivity contribution in [1.29, 1.82) is 0 Å². The van der Waals surface area contributed by atoms with Gasteiger partial charge in [-0.05, 0) is 49.2 Å². The van der Waals surface area contributed by atoms with Crippen molar-refractivity contribution < 1.29 is 5.11 Å². The fraction of sp³-hybridized carbons (Fsp3) is 0.467. The van der Waals surface area contributed by atoms with Crippen molar-refractivity contribution in [3.63, 3.8) is 0 Å². The second-order valence-corrected chi connectivity index (χ2v) is 6.49. The summed E-state index contributed by atoms with van der Waals surface area (Å²) in [6.45, 7) is 0.408. The summed E-state index contributed by atoms with van der Waals surface area (Å²) in [5.74, 6) is 0.570. The van der Waals surface area contributed by atoms with Crippen molar-refractivity contribution in [2.75, 3.05) is 0 Å². The van der Waals surface area contributed by atoms with Crippen LogP contribution in [0.1, 0.15) is 30.7 Å². The third-order valence-corrected chi connectivity index (χ3v) is 5.18. The first-order valence-electron chi connectivity index (χ1n) is 7.30. The Morgan fingerprint density at radius 2 is 2.05 bits per heavy atom. The van der Waals surface area contributed by atoms with Crippen LogP contribution in [0.15, 0.2) is 24.3 Å². The third-order valence-electron chi connectivity index (χ3n) is 4.44. The van der Waals surface area contributed by atoms with E-state index < -0.39 is 0 Å². The van der Waals surface area contributed by atoms with E-state index in [-0.39, 0.29) is 12.1 Å². The Labute approximate surface area is 139 Å². The van der Waals surface area contributed by atoms with E-state index in [0.29, 0.717) is 17.3 Å². The number of rotatable bonds is 5. The SMILES string of the molecule is Cn1c(CO)nn(CNC2(c3ccc(Cl)cc3)CCC2)c1=S. The number of hydrogen-bond donors (Lipinski definition) is 2. The standard InChI is InChI=1S/C15H19ClN4OS/c1-19-13(9-21)18-20(14(19)22)10-17-15(7-2-8-15)11-3-5-12(16)6-4-11/h3-6,17,21H,2,7-10H2,1H3. The lowest BCUT2D eigenvalue weighted by Crippen LogP contribution is -2.48. The van der Waals surface area contributed by atoms with Crippen molar-refractivity contribution in [3.8, 4) is 0 Å². The molecule has 2 aromatic rings. The molecule has 0 spiro atoms. The molecule has 1 heterocycles. The second kappa shape index (κ2) is 6.12. The quantitative estimate of drug-likeness (QED) is 0.823. The molecule has 0 amide bonds. The average Bonchev–Trinajstić information content (AvgIpc) is 2.75. The minimum Gasteiger partial charge on any atom is -0.388 e. The van der Waals surface area contributed by atoms with Crippen molar-refractivity contribution in [2.24, 2.45) is 7.05 Å². The summed E-state index contributed by atoms with van der Waals surface area (Å²) in [4.78, 5) is 0. The van der Waals surface area contributed by atoms with Crippen LogP contribution in [0.3, 0.4) is 0 Å². The van der Waals surface area contributed by atoms with Crippen molar-refractivity contribution >= 4 is 23.8 Å². The zero-order valence-corrected chi connectivity index (χ0v) is 14.0. The normalized spacial score (nSPS) is 16.5. The Kier molecular flexibility index (Phi) is 4.36. The maximum atomic E-state index is 9.27. The molecule has 22 heavy (non-hydrogen) atoms. The number of hydrogen-bond acceptors (Lipinski definition) is 4. The summed E-state index contributed by atoms with van der Waals surface area (Å²) < 4.78 is 4.05. The van der Waals surface area contributed by atoms with E-state index in [1.165, 1.54) is 12.0 Å². The number of aromatic nitrogens is 3. The first kappa shape index (κ1) is 15.7. The zero-order valence-electron chi connectivity index (χ0n) is 12.4. The monoisotopic (exact) mass is 338 g/mol. The molecule has 1 fully saturated rings. The van der Waals surface area contributed by atoms with Gasteiger partial charge in [0.15, 0.2) is 10.6 Å². The highest BCUT2D eigenvalue weighted by Crippen LogP contribution is 2.41. The van der Waals surface area contributed by atoms with Gasteiger partial charge in [0, 0.05) is 17.6 Å². The highest BCUT2D eigenvalue weighted by atomic mass is 35.5. The lowest BCUT2D eigenvalue weighted by molar-refractivity contribution is 0.166. The van der Waals surface area contributed by atoms with Gasteiger partial charge in [-0.3, -0.25) is 5.32 Å². The third kappa shape index (κ3) is 2.72. The molecule has 0 aliphatic heterocycles. The summed E-state index contributed by atoms with van der Waals surface area (Å²) in [7, 11) is 1.82. The molecule has 0 atom stereocenters. The fourth-order valence-corrected chi connectivity index (χ4v) is 3.20. The predicted molar refractivity (Wildman–Crippen MR) is 88.1 cm³/mol. The van der Waals surface area contributed by atoms with E-state index in [4.69, 9.17) is 23.8 Å². The molecule has 2 N–H and O–H groups in total. The smallest absolute Gasteiger partial charge is 0.198 e. The Bertz CT molecular complexity index is 718. The molecule has 0 bridgehead atoms. The summed E-state index contributed by atoms with van der Waals surface area (Å²) in [6, 6.07) is 8.00. The average molecular weight is 339 g/mol. The van der Waals surface area contributed by atoms with Crippen LogP contribution >= 0.6 is 23.8 Å². The predicted octanol–water partition coefficient (Wildman–Crippen LogP) is 2.72. The number of nitrogens with zero attached hydrogens (tertiary/aromatic N) is 3. The molecular weight excluding hydrogens is 320 g/mol. The molecule has 1 aliphatic rings. The Hall–Kier alpha value is -1.21. The summed E-state index contributed by atoms with van der Waals surface area (Å²) in [5, 5.41) is 17.9. The maximum absolute atomic E-state index is 9.27. The van der Waals surface area contributed by atoms with Gasteiger partial charge in [0.1, 0.15) is 6.61 Å². The molecule has 3 rings (SSSR count). The van der Waals surface area contributed by atoms with Crippen LogP contribution in [0.2, 0.25) is 5.02 Å². The van der Waals surface area contributed by atoms with Gasteiger partial charge < -0.3 is 9.67 Å². The first-order chi connectivity index (χ1) is 10.6. The molecule has 0 unspecified atom stereocenters. The molecule has 1 saturated carbocycles. The molecule has 1 aromatic heterocycles. The van der Waals surface area contributed by atoms with Crippen molar-refractivity contribution in [2.45, 2.75) is 38.1 Å². The van der Waals surface area contributed by atoms with Gasteiger partial charge in [-0.15, -0.1) is 0 Å². The Balaban J connectivity index is 1.79. The van der Waals surface area contributed by atoms with Gasteiger partial charge >= 0.3 is 0 Å². The lowest BCUT2D eigenvalue weighted by atomic mass is 9.72. The van der Waals surface area contributed by atoms with Crippen LogP contribution in [0.5, 0.6) is 0 Å². The van der Waals surface area contributed by atoms with E-state index >= 15 is 0 Å². The Morgan fingerprint density at radius 3 is 2.55 bits per heavy atom. The molecule has 118 valence electrons. The highest BCUT2D eigenvalue weighted by molar-refractivity contribution is 7.71. The molecule has 1 aromatic carbocycles. The van der Waals surface area contributed by atoms with E-state index in [0.717, 1.165) is 17.9 Å². The molecule has 1 aliphatic carbocycles. The summed E-state index contributed by atoms with van der Waals surface area (Å²) in [5.41, 5.74) is 1.21. The van der Waals surface area contributed by atoms with E-state index in [2.05, 4.69) is 22.5 Å². The van der Waals surface area contributed by atoms with Crippen LogP contribution < -0.4 is 5.32 Å². The van der Waals surface area contributed by atoms with Gasteiger partial charge in [-0.25, -0.2) is 4.68 Å². The van der Waals surface area contributed by atoms with Crippen LogP contribution in [-0.4, -0.2) is 19.5 Å². The van der Waals surface area contributed by atoms with E-state index in [9.17, 15) is 5.11 Å². The number of aliphatic hydroxyl groups excluding tert-OH is 1. The first-order valence-corrected chi connectivity index (χ1v) is 8.09. The van der Waals surface area contributed by atoms with Gasteiger partial charge in [0.25, 0.3) is 0 Å². The second-order valence-electron chi connectivity index (χ2n) is 5.69. The summed E-state index contributed by atoms with van der Waals surface area (Å²) >= 11 is 11.3. The van der Waals surface area contributed by atoms with Crippen molar-refractivity contribution in [1.82, 2.24) is 19.7 Å². The van der Waals surface area contributed by atoms with Gasteiger partial charge in [0.2, 0.25) is 0 Å². The fourth-order valence-electron chi connectivity index (χ4n) is 2.87. The van der Waals surface area contributed by atoms with Crippen LogP contribution in [-0.2, 0) is 25.9 Å². The Morgan fingerprint density at radius 1 is 1.36 bits per heavy atom. The van der Waals surface area contributed by atoms with Gasteiger partial charge in [0.05, 0.1) is 6.67 Å². The molecular formula is C15H19ClN4OS. The number of benzene rings is 1. The van der Waals surface area contributed by atoms with Gasteiger partial charge in [-0.1, -0.05) is 23.7 Å². The van der Waals surface area contributed by atoms with E-state index in [1.807, 2.05) is 19.2 Å². The molecule has 7 heteroatoms. The van der Waals surface area contributed by atoms with Crippen LogP contribution in [0.25, 0.3) is 0 Å². The minimum atomic E-state index is -0.116. The molecule has 0 radical (unpaired) electrons. The van der Waals surface area contributed by atoms with Crippen molar-refractivity contribution in [3.05, 3.63) is 45.4 Å². The van der Waals surface area contributed by atoms with E-state index in [1.54, 1.807) is 9.25 Å². The lowest BCUT2D eigenvalue weighted by Gasteiger charge is -2.43. The largest absolute Gasteiger partial charge is 0.388 e. The number of aliphatic hydroxyl groups is 1. The maximum Gasteiger partial charge on any atom is 0.198 e.